The quantitative estimate of drug-likeness (QED) is 0.338. The van der Waals surface area contributed by atoms with Crippen molar-refractivity contribution in [3.8, 4) is 16.4 Å². The molecule has 10 heteroatoms. The van der Waals surface area contributed by atoms with Gasteiger partial charge in [-0.25, -0.2) is 14.1 Å². The monoisotopic (exact) mass is 498 g/mol. The molecule has 0 saturated carbocycles. The maximum Gasteiger partial charge on any atom is 0.291 e. The summed E-state index contributed by atoms with van der Waals surface area (Å²) in [5.41, 5.74) is 2.32. The molecule has 2 N–H and O–H groups in total. The molecule has 36 heavy (non-hydrogen) atoms. The van der Waals surface area contributed by atoms with E-state index in [0.717, 1.165) is 10.4 Å². The van der Waals surface area contributed by atoms with Crippen LogP contribution in [0.25, 0.3) is 16.4 Å². The average molecular weight is 499 g/mol. The Morgan fingerprint density at radius 1 is 0.944 bits per heavy atom. The summed E-state index contributed by atoms with van der Waals surface area (Å²) in [5.74, 6) is -0.741. The summed E-state index contributed by atoms with van der Waals surface area (Å²) in [7, 11) is 0. The molecule has 0 aliphatic rings. The fraction of sp³-hybridized carbons (Fsp3) is 0.0385. The number of rotatable bonds is 7. The van der Waals surface area contributed by atoms with Crippen molar-refractivity contribution in [2.45, 2.75) is 6.54 Å². The Labute approximate surface area is 209 Å². The van der Waals surface area contributed by atoms with Crippen molar-refractivity contribution in [3.05, 3.63) is 113 Å². The molecule has 178 valence electrons. The van der Waals surface area contributed by atoms with Gasteiger partial charge in [0.1, 0.15) is 5.82 Å². The fourth-order valence-electron chi connectivity index (χ4n) is 3.49. The minimum atomic E-state index is -0.478. The van der Waals surface area contributed by atoms with E-state index in [2.05, 4.69) is 25.7 Å². The molecule has 0 unspecified atom stereocenters. The number of nitrogens with zero attached hydrogens (tertiary/aromatic N) is 4. The minimum Gasteiger partial charge on any atom is -0.345 e. The zero-order valence-corrected chi connectivity index (χ0v) is 19.6. The van der Waals surface area contributed by atoms with Crippen molar-refractivity contribution in [2.75, 3.05) is 5.32 Å². The number of pyridine rings is 1. The molecule has 2 aromatic carbocycles. The smallest absolute Gasteiger partial charge is 0.291 e. The highest BCUT2D eigenvalue weighted by molar-refractivity contribution is 7.13. The van der Waals surface area contributed by atoms with Crippen molar-refractivity contribution in [2.24, 2.45) is 0 Å². The topological polar surface area (TPSA) is 102 Å². The predicted octanol–water partition coefficient (Wildman–Crippen LogP) is 4.71. The van der Waals surface area contributed by atoms with Gasteiger partial charge in [-0.2, -0.15) is 0 Å². The Morgan fingerprint density at radius 3 is 2.56 bits per heavy atom. The number of nitrogens with one attached hydrogen (secondary N) is 2. The van der Waals surface area contributed by atoms with Crippen LogP contribution in [-0.4, -0.2) is 31.6 Å². The average Bonchev–Trinajstić information content (AvgIpc) is 3.58. The highest BCUT2D eigenvalue weighted by atomic mass is 32.1. The maximum atomic E-state index is 13.8. The van der Waals surface area contributed by atoms with Crippen LogP contribution in [0.1, 0.15) is 26.5 Å². The van der Waals surface area contributed by atoms with Crippen molar-refractivity contribution < 1.29 is 14.0 Å². The highest BCUT2D eigenvalue weighted by Crippen LogP contribution is 2.26. The third-order valence-corrected chi connectivity index (χ3v) is 6.05. The molecule has 0 fully saturated rings. The van der Waals surface area contributed by atoms with Crippen LogP contribution in [-0.2, 0) is 6.54 Å². The van der Waals surface area contributed by atoms with Crippen LogP contribution in [0.3, 0.4) is 0 Å². The Hall–Kier alpha value is -4.70. The number of carbonyl (C=O) groups excluding carboxylic acids is 2. The molecule has 0 radical (unpaired) electrons. The van der Waals surface area contributed by atoms with Gasteiger partial charge >= 0.3 is 0 Å². The molecule has 0 bridgehead atoms. The lowest BCUT2D eigenvalue weighted by Gasteiger charge is -2.08. The van der Waals surface area contributed by atoms with Gasteiger partial charge in [-0.05, 0) is 59.5 Å². The second-order valence-electron chi connectivity index (χ2n) is 7.70. The largest absolute Gasteiger partial charge is 0.345 e. The number of aromatic nitrogens is 4. The Bertz CT molecular complexity index is 1520. The summed E-state index contributed by atoms with van der Waals surface area (Å²) in [6.07, 6.45) is 3.10. The van der Waals surface area contributed by atoms with Crippen LogP contribution in [0, 0.1) is 5.82 Å². The lowest BCUT2D eigenvalue weighted by molar-refractivity contribution is 0.0939. The zero-order chi connectivity index (χ0) is 24.9. The minimum absolute atomic E-state index is 0.0372. The zero-order valence-electron chi connectivity index (χ0n) is 18.8. The molecule has 0 aliphatic carbocycles. The number of hydrogen-bond acceptors (Lipinski definition) is 6. The van der Waals surface area contributed by atoms with E-state index in [1.807, 2.05) is 23.6 Å². The SMILES string of the molecule is O=C(Nc1cccc(CNC(=O)c2nc(-c3cccs3)n(-c3cccc(F)c3)n2)c1)c1ccncc1. The van der Waals surface area contributed by atoms with Crippen molar-refractivity contribution in [3.63, 3.8) is 0 Å². The van der Waals surface area contributed by atoms with Crippen molar-refractivity contribution >= 4 is 28.8 Å². The van der Waals surface area contributed by atoms with E-state index in [9.17, 15) is 14.0 Å². The van der Waals surface area contributed by atoms with Gasteiger partial charge in [-0.1, -0.05) is 24.3 Å². The summed E-state index contributed by atoms with van der Waals surface area (Å²) >= 11 is 1.44. The number of halogens is 1. The van der Waals surface area contributed by atoms with Crippen molar-refractivity contribution in [1.82, 2.24) is 25.1 Å². The summed E-state index contributed by atoms with van der Waals surface area (Å²) in [6.45, 7) is 0.195. The van der Waals surface area contributed by atoms with Crippen LogP contribution in [0.2, 0.25) is 0 Å². The number of hydrogen-bond donors (Lipinski definition) is 2. The molecule has 3 aromatic heterocycles. The van der Waals surface area contributed by atoms with Gasteiger partial charge in [0, 0.05) is 30.2 Å². The van der Waals surface area contributed by atoms with Crippen molar-refractivity contribution in [1.29, 1.82) is 0 Å². The van der Waals surface area contributed by atoms with Gasteiger partial charge in [0.25, 0.3) is 11.8 Å². The Kier molecular flexibility index (Phi) is 6.59. The summed E-state index contributed by atoms with van der Waals surface area (Å²) in [6, 6.07) is 20.1. The number of amides is 2. The van der Waals surface area contributed by atoms with E-state index in [1.54, 1.807) is 54.9 Å². The highest BCUT2D eigenvalue weighted by Gasteiger charge is 2.19. The lowest BCUT2D eigenvalue weighted by atomic mass is 10.2. The third kappa shape index (κ3) is 5.18. The fourth-order valence-corrected chi connectivity index (χ4v) is 4.19. The predicted molar refractivity (Wildman–Crippen MR) is 134 cm³/mol. The van der Waals surface area contributed by atoms with Crippen LogP contribution >= 0.6 is 11.3 Å². The summed E-state index contributed by atoms with van der Waals surface area (Å²) in [4.78, 5) is 34.4. The summed E-state index contributed by atoms with van der Waals surface area (Å²) in [5, 5.41) is 11.9. The number of benzene rings is 2. The van der Waals surface area contributed by atoms with E-state index in [1.165, 1.54) is 28.2 Å². The lowest BCUT2D eigenvalue weighted by Crippen LogP contribution is -2.24. The second kappa shape index (κ2) is 10.3. The van der Waals surface area contributed by atoms with Crippen LogP contribution in [0.15, 0.2) is 90.6 Å². The molecule has 5 rings (SSSR count). The van der Waals surface area contributed by atoms with E-state index >= 15 is 0 Å². The van der Waals surface area contributed by atoms with Gasteiger partial charge in [0.15, 0.2) is 5.82 Å². The van der Waals surface area contributed by atoms with E-state index in [4.69, 9.17) is 0 Å². The number of anilines is 1. The maximum absolute atomic E-state index is 13.8. The molecular weight excluding hydrogens is 479 g/mol. The molecule has 5 aromatic rings. The Morgan fingerprint density at radius 2 is 1.78 bits per heavy atom. The summed E-state index contributed by atoms with van der Waals surface area (Å²) < 4.78 is 15.3. The Balaban J connectivity index is 1.32. The first-order valence-corrected chi connectivity index (χ1v) is 11.8. The number of carbonyl (C=O) groups is 2. The third-order valence-electron chi connectivity index (χ3n) is 5.19. The first kappa shape index (κ1) is 23.1. The van der Waals surface area contributed by atoms with Gasteiger partial charge in [0.05, 0.1) is 10.6 Å². The number of thiophene rings is 1. The molecule has 8 nitrogen and oxygen atoms in total. The van der Waals surface area contributed by atoms with E-state index in [-0.39, 0.29) is 18.3 Å². The van der Waals surface area contributed by atoms with E-state index in [0.29, 0.717) is 22.8 Å². The first-order valence-electron chi connectivity index (χ1n) is 10.9. The molecule has 0 aliphatic heterocycles. The molecular formula is C26H19FN6O2S. The van der Waals surface area contributed by atoms with Crippen LogP contribution in [0.5, 0.6) is 0 Å². The molecule has 0 spiro atoms. The molecule has 0 saturated heterocycles. The van der Waals surface area contributed by atoms with Gasteiger partial charge in [0.2, 0.25) is 5.82 Å². The molecule has 0 atom stereocenters. The van der Waals surface area contributed by atoms with Gasteiger partial charge in [-0.3, -0.25) is 14.6 Å². The van der Waals surface area contributed by atoms with E-state index < -0.39 is 11.7 Å². The standard InChI is InChI=1S/C26H19FN6O2S/c27-19-5-2-7-21(15-19)33-24(22-8-3-13-36-22)31-23(32-33)26(35)29-16-17-4-1-6-20(14-17)30-25(34)18-9-11-28-12-10-18/h1-15H,16H2,(H,29,35)(H,30,34). The van der Waals surface area contributed by atoms with Crippen LogP contribution < -0.4 is 10.6 Å². The first-order chi connectivity index (χ1) is 17.6. The van der Waals surface area contributed by atoms with Crippen LogP contribution in [0.4, 0.5) is 10.1 Å². The van der Waals surface area contributed by atoms with Gasteiger partial charge in [-0.15, -0.1) is 16.4 Å². The molecule has 2 amide bonds. The second-order valence-corrected chi connectivity index (χ2v) is 8.65. The van der Waals surface area contributed by atoms with Gasteiger partial charge < -0.3 is 10.6 Å². The normalized spacial score (nSPS) is 10.7. The molecule has 3 heterocycles.